The molecular formula is C17H23N5O2. The molecule has 7 nitrogen and oxygen atoms in total. The van der Waals surface area contributed by atoms with E-state index in [1.807, 2.05) is 4.90 Å². The van der Waals surface area contributed by atoms with Crippen LogP contribution >= 0.6 is 0 Å². The maximum absolute atomic E-state index is 12.2. The topological polar surface area (TPSA) is 92.4 Å². The lowest BCUT2D eigenvalue weighted by atomic mass is 10.0. The Kier molecular flexibility index (Phi) is 3.86. The molecule has 0 saturated carbocycles. The molecule has 2 aliphatic heterocycles. The Hall–Kier alpha value is -2.18. The van der Waals surface area contributed by atoms with E-state index in [1.165, 1.54) is 12.0 Å². The molecule has 2 N–H and O–H groups in total. The van der Waals surface area contributed by atoms with Crippen molar-refractivity contribution in [3.05, 3.63) is 17.3 Å². The molecule has 24 heavy (non-hydrogen) atoms. The second-order valence-corrected chi connectivity index (χ2v) is 7.10. The standard InChI is InChI=1S/C17H23N5O2/c18-17(24)12-9-16(23)22(10-12)13-4-6-21(7-5-13)15-8-11-2-1-3-14(11)19-20-15/h8,12-13H,1-7,9-10H2,(H2,18,24). The minimum absolute atomic E-state index is 0.0644. The van der Waals surface area contributed by atoms with E-state index < -0.39 is 0 Å². The second-order valence-electron chi connectivity index (χ2n) is 7.10. The van der Waals surface area contributed by atoms with Gasteiger partial charge in [0, 0.05) is 32.1 Å². The fraction of sp³-hybridized carbons (Fsp3) is 0.647. The van der Waals surface area contributed by atoms with Crippen molar-refractivity contribution in [1.82, 2.24) is 15.1 Å². The van der Waals surface area contributed by atoms with Gasteiger partial charge in [0.25, 0.3) is 0 Å². The highest BCUT2D eigenvalue weighted by atomic mass is 16.2. The zero-order chi connectivity index (χ0) is 16.7. The first-order chi connectivity index (χ1) is 11.6. The van der Waals surface area contributed by atoms with Crippen LogP contribution in [0.2, 0.25) is 0 Å². The Morgan fingerprint density at radius 2 is 2.00 bits per heavy atom. The molecule has 2 fully saturated rings. The van der Waals surface area contributed by atoms with Crippen LogP contribution in [0.25, 0.3) is 0 Å². The number of likely N-dealkylation sites (tertiary alicyclic amines) is 1. The Morgan fingerprint density at radius 1 is 1.21 bits per heavy atom. The summed E-state index contributed by atoms with van der Waals surface area (Å²) in [6.45, 7) is 2.21. The van der Waals surface area contributed by atoms with Gasteiger partial charge in [-0.2, -0.15) is 5.10 Å². The number of nitrogens with zero attached hydrogens (tertiary/aromatic N) is 4. The average Bonchev–Trinajstić information content (AvgIpc) is 3.20. The molecule has 0 aromatic carbocycles. The first-order valence-corrected chi connectivity index (χ1v) is 8.81. The molecule has 4 rings (SSSR count). The van der Waals surface area contributed by atoms with Crippen molar-refractivity contribution >= 4 is 17.6 Å². The van der Waals surface area contributed by atoms with Crippen molar-refractivity contribution in [3.63, 3.8) is 0 Å². The number of piperidine rings is 1. The molecule has 3 aliphatic rings. The van der Waals surface area contributed by atoms with Gasteiger partial charge in [0.15, 0.2) is 5.82 Å². The smallest absolute Gasteiger partial charge is 0.223 e. The number of primary amides is 1. The normalized spacial score (nSPS) is 24.5. The van der Waals surface area contributed by atoms with E-state index in [4.69, 9.17) is 5.73 Å². The number of fused-ring (bicyclic) bond motifs is 1. The van der Waals surface area contributed by atoms with Gasteiger partial charge in [-0.15, -0.1) is 5.10 Å². The van der Waals surface area contributed by atoms with Crippen LogP contribution in [-0.4, -0.2) is 52.6 Å². The lowest BCUT2D eigenvalue weighted by Crippen LogP contribution is -2.46. The molecule has 7 heteroatoms. The van der Waals surface area contributed by atoms with E-state index in [-0.39, 0.29) is 30.2 Å². The molecule has 128 valence electrons. The van der Waals surface area contributed by atoms with Crippen molar-refractivity contribution in [2.75, 3.05) is 24.5 Å². The monoisotopic (exact) mass is 329 g/mol. The van der Waals surface area contributed by atoms with E-state index in [0.717, 1.165) is 50.3 Å². The number of hydrogen-bond acceptors (Lipinski definition) is 5. The van der Waals surface area contributed by atoms with Crippen LogP contribution in [0, 0.1) is 5.92 Å². The van der Waals surface area contributed by atoms with Gasteiger partial charge in [0.05, 0.1) is 11.6 Å². The quantitative estimate of drug-likeness (QED) is 0.859. The predicted molar refractivity (Wildman–Crippen MR) is 88.3 cm³/mol. The SMILES string of the molecule is NC(=O)C1CC(=O)N(C2CCN(c3cc4c(nn3)CCC4)CC2)C1. The van der Waals surface area contributed by atoms with Crippen LogP contribution in [0.15, 0.2) is 6.07 Å². The third-order valence-corrected chi connectivity index (χ3v) is 5.60. The molecule has 0 bridgehead atoms. The molecule has 1 unspecified atom stereocenters. The summed E-state index contributed by atoms with van der Waals surface area (Å²) in [4.78, 5) is 27.6. The van der Waals surface area contributed by atoms with Gasteiger partial charge in [-0.05, 0) is 43.7 Å². The minimum atomic E-state index is -0.364. The van der Waals surface area contributed by atoms with Crippen LogP contribution in [0.3, 0.4) is 0 Å². The minimum Gasteiger partial charge on any atom is -0.369 e. The summed E-state index contributed by atoms with van der Waals surface area (Å²) >= 11 is 0. The summed E-state index contributed by atoms with van der Waals surface area (Å²) < 4.78 is 0. The zero-order valence-corrected chi connectivity index (χ0v) is 13.8. The molecule has 2 saturated heterocycles. The van der Waals surface area contributed by atoms with Gasteiger partial charge in [-0.1, -0.05) is 0 Å². The van der Waals surface area contributed by atoms with E-state index in [1.54, 1.807) is 0 Å². The van der Waals surface area contributed by atoms with Crippen LogP contribution in [0.4, 0.5) is 5.82 Å². The van der Waals surface area contributed by atoms with Gasteiger partial charge < -0.3 is 15.5 Å². The second kappa shape index (κ2) is 6.03. The molecular weight excluding hydrogens is 306 g/mol. The Balaban J connectivity index is 1.38. The molecule has 0 spiro atoms. The van der Waals surface area contributed by atoms with Crippen LogP contribution in [0.5, 0.6) is 0 Å². The molecule has 2 amide bonds. The van der Waals surface area contributed by atoms with Gasteiger partial charge in [-0.25, -0.2) is 0 Å². The zero-order valence-electron chi connectivity index (χ0n) is 13.8. The fourth-order valence-corrected chi connectivity index (χ4v) is 4.15. The van der Waals surface area contributed by atoms with E-state index in [9.17, 15) is 9.59 Å². The largest absolute Gasteiger partial charge is 0.369 e. The lowest BCUT2D eigenvalue weighted by molar-refractivity contribution is -0.130. The van der Waals surface area contributed by atoms with Crippen molar-refractivity contribution in [2.24, 2.45) is 11.7 Å². The van der Waals surface area contributed by atoms with Crippen molar-refractivity contribution < 1.29 is 9.59 Å². The average molecular weight is 329 g/mol. The number of carbonyl (C=O) groups excluding carboxylic acids is 2. The highest BCUT2D eigenvalue weighted by molar-refractivity contribution is 5.88. The first kappa shape index (κ1) is 15.4. The first-order valence-electron chi connectivity index (χ1n) is 8.81. The Bertz CT molecular complexity index is 669. The number of anilines is 1. The molecule has 1 aliphatic carbocycles. The number of nitrogens with two attached hydrogens (primary N) is 1. The summed E-state index contributed by atoms with van der Waals surface area (Å²) in [5, 5.41) is 8.75. The third kappa shape index (κ3) is 2.72. The van der Waals surface area contributed by atoms with Crippen molar-refractivity contribution in [3.8, 4) is 0 Å². The number of aromatic nitrogens is 2. The number of carbonyl (C=O) groups is 2. The fourth-order valence-electron chi connectivity index (χ4n) is 4.15. The Morgan fingerprint density at radius 3 is 2.71 bits per heavy atom. The van der Waals surface area contributed by atoms with Gasteiger partial charge >= 0.3 is 0 Å². The number of aryl methyl sites for hydroxylation is 2. The van der Waals surface area contributed by atoms with Crippen LogP contribution in [-0.2, 0) is 22.4 Å². The summed E-state index contributed by atoms with van der Waals surface area (Å²) in [6.07, 6.45) is 5.39. The maximum atomic E-state index is 12.2. The van der Waals surface area contributed by atoms with Crippen LogP contribution < -0.4 is 10.6 Å². The Labute approximate surface area is 141 Å². The van der Waals surface area contributed by atoms with Crippen molar-refractivity contribution in [1.29, 1.82) is 0 Å². The van der Waals surface area contributed by atoms with E-state index in [2.05, 4.69) is 21.2 Å². The summed E-state index contributed by atoms with van der Waals surface area (Å²) in [7, 11) is 0. The molecule has 0 radical (unpaired) electrons. The molecule has 1 aromatic rings. The van der Waals surface area contributed by atoms with E-state index in [0.29, 0.717) is 6.54 Å². The van der Waals surface area contributed by atoms with E-state index >= 15 is 0 Å². The van der Waals surface area contributed by atoms with Gasteiger partial charge in [0.2, 0.25) is 11.8 Å². The molecule has 1 atom stereocenters. The number of hydrogen-bond donors (Lipinski definition) is 1. The lowest BCUT2D eigenvalue weighted by Gasteiger charge is -2.37. The van der Waals surface area contributed by atoms with Crippen LogP contribution in [0.1, 0.15) is 36.9 Å². The summed E-state index contributed by atoms with van der Waals surface area (Å²) in [5.74, 6) is 0.334. The number of amides is 2. The van der Waals surface area contributed by atoms with Gasteiger partial charge in [0.1, 0.15) is 0 Å². The molecule has 3 heterocycles. The summed E-state index contributed by atoms with van der Waals surface area (Å²) in [5.41, 5.74) is 7.83. The molecule has 1 aromatic heterocycles. The summed E-state index contributed by atoms with van der Waals surface area (Å²) in [6, 6.07) is 2.39. The highest BCUT2D eigenvalue weighted by Crippen LogP contribution is 2.28. The van der Waals surface area contributed by atoms with Crippen molar-refractivity contribution in [2.45, 2.75) is 44.6 Å². The number of rotatable bonds is 3. The van der Waals surface area contributed by atoms with Gasteiger partial charge in [-0.3, -0.25) is 9.59 Å². The third-order valence-electron chi connectivity index (χ3n) is 5.60. The highest BCUT2D eigenvalue weighted by Gasteiger charge is 2.38. The predicted octanol–water partition coefficient (Wildman–Crippen LogP) is 0.268. The maximum Gasteiger partial charge on any atom is 0.223 e.